The zero-order chi connectivity index (χ0) is 10.0. The number of hydrogen-bond acceptors (Lipinski definition) is 1. The molecule has 0 N–H and O–H groups in total. The fourth-order valence-electron chi connectivity index (χ4n) is 0.998. The molecule has 0 aliphatic rings. The highest BCUT2D eigenvalue weighted by atomic mass is 19.2. The Labute approximate surface area is 73.2 Å². The van der Waals surface area contributed by atoms with Gasteiger partial charge in [0.05, 0.1) is 0 Å². The number of benzene rings is 1. The number of carbonyl (C=O) groups is 1. The van der Waals surface area contributed by atoms with Crippen LogP contribution in [0.3, 0.4) is 0 Å². The van der Waals surface area contributed by atoms with Gasteiger partial charge in [-0.1, -0.05) is 0 Å². The number of ketones is 1. The lowest BCUT2D eigenvalue weighted by atomic mass is 10.1. The zero-order valence-electron chi connectivity index (χ0n) is 6.90. The summed E-state index contributed by atoms with van der Waals surface area (Å²) in [5.74, 6) is -4.27. The van der Waals surface area contributed by atoms with Crippen LogP contribution in [-0.4, -0.2) is 5.78 Å². The Morgan fingerprint density at radius 2 is 1.69 bits per heavy atom. The molecule has 0 aliphatic heterocycles. The molecule has 0 saturated heterocycles. The van der Waals surface area contributed by atoms with Gasteiger partial charge in [-0.05, 0) is 24.6 Å². The van der Waals surface area contributed by atoms with Crippen LogP contribution in [0.1, 0.15) is 12.5 Å². The molecule has 4 heteroatoms. The van der Waals surface area contributed by atoms with Gasteiger partial charge < -0.3 is 0 Å². The molecule has 70 valence electrons. The first-order valence-electron chi connectivity index (χ1n) is 3.63. The molecule has 0 atom stereocenters. The SMILES string of the molecule is CC(=O)Cc1cc(F)c(F)c(F)c1. The summed E-state index contributed by atoms with van der Waals surface area (Å²) < 4.78 is 37.5. The van der Waals surface area contributed by atoms with E-state index >= 15 is 0 Å². The third-order valence-corrected chi connectivity index (χ3v) is 1.50. The first kappa shape index (κ1) is 9.77. The fraction of sp³-hybridized carbons (Fsp3) is 0.222. The number of carbonyl (C=O) groups excluding carboxylic acids is 1. The Bertz CT molecular complexity index is 324. The lowest BCUT2D eigenvalue weighted by molar-refractivity contribution is -0.116. The van der Waals surface area contributed by atoms with Crippen LogP contribution in [0.15, 0.2) is 12.1 Å². The summed E-state index contributed by atoms with van der Waals surface area (Å²) in [6, 6.07) is 1.64. The van der Waals surface area contributed by atoms with Crippen LogP contribution < -0.4 is 0 Å². The molecule has 1 nitrogen and oxygen atoms in total. The first-order valence-corrected chi connectivity index (χ1v) is 3.63. The van der Waals surface area contributed by atoms with E-state index in [4.69, 9.17) is 0 Å². The molecule has 0 unspecified atom stereocenters. The molecule has 0 aromatic heterocycles. The molecule has 1 aromatic carbocycles. The molecule has 13 heavy (non-hydrogen) atoms. The smallest absolute Gasteiger partial charge is 0.194 e. The van der Waals surface area contributed by atoms with Crippen LogP contribution in [0.5, 0.6) is 0 Å². The Morgan fingerprint density at radius 3 is 2.08 bits per heavy atom. The normalized spacial score (nSPS) is 10.2. The van der Waals surface area contributed by atoms with Crippen LogP contribution in [-0.2, 0) is 11.2 Å². The van der Waals surface area contributed by atoms with Crippen molar-refractivity contribution in [3.05, 3.63) is 35.1 Å². The highest BCUT2D eigenvalue weighted by molar-refractivity contribution is 5.78. The lowest BCUT2D eigenvalue weighted by Crippen LogP contribution is -2.00. The van der Waals surface area contributed by atoms with Crippen molar-refractivity contribution in [2.24, 2.45) is 0 Å². The van der Waals surface area contributed by atoms with Gasteiger partial charge in [-0.25, -0.2) is 13.2 Å². The van der Waals surface area contributed by atoms with Crippen molar-refractivity contribution in [1.82, 2.24) is 0 Å². The predicted octanol–water partition coefficient (Wildman–Crippen LogP) is 2.24. The maximum atomic E-state index is 12.6. The van der Waals surface area contributed by atoms with Crippen LogP contribution in [0, 0.1) is 17.5 Å². The van der Waals surface area contributed by atoms with Gasteiger partial charge in [0.15, 0.2) is 17.5 Å². The molecular weight excluding hydrogens is 181 g/mol. The molecule has 0 bridgehead atoms. The van der Waals surface area contributed by atoms with E-state index in [-0.39, 0.29) is 17.8 Å². The van der Waals surface area contributed by atoms with Gasteiger partial charge in [0.2, 0.25) is 0 Å². The molecule has 0 radical (unpaired) electrons. The fourth-order valence-corrected chi connectivity index (χ4v) is 0.998. The average molecular weight is 188 g/mol. The van der Waals surface area contributed by atoms with Crippen LogP contribution in [0.2, 0.25) is 0 Å². The third kappa shape index (κ3) is 2.31. The molecule has 0 saturated carbocycles. The summed E-state index contributed by atoms with van der Waals surface area (Å²) in [7, 11) is 0. The first-order chi connectivity index (χ1) is 6.00. The van der Waals surface area contributed by atoms with Crippen LogP contribution in [0.4, 0.5) is 13.2 Å². The summed E-state index contributed by atoms with van der Waals surface area (Å²) in [5, 5.41) is 0. The van der Waals surface area contributed by atoms with Crippen molar-refractivity contribution in [2.75, 3.05) is 0 Å². The van der Waals surface area contributed by atoms with Gasteiger partial charge >= 0.3 is 0 Å². The minimum absolute atomic E-state index is 0.0892. The Balaban J connectivity index is 3.06. The second-order valence-corrected chi connectivity index (χ2v) is 2.75. The summed E-state index contributed by atoms with van der Waals surface area (Å²) in [6.45, 7) is 1.29. The standard InChI is InChI=1S/C9H7F3O/c1-5(13)2-6-3-7(10)9(12)8(11)4-6/h3-4H,2H2,1H3. The van der Waals surface area contributed by atoms with Gasteiger partial charge in [0.25, 0.3) is 0 Å². The van der Waals surface area contributed by atoms with E-state index in [2.05, 4.69) is 0 Å². The molecule has 0 aliphatic carbocycles. The van der Waals surface area contributed by atoms with E-state index in [1.165, 1.54) is 6.92 Å². The maximum Gasteiger partial charge on any atom is 0.194 e. The van der Waals surface area contributed by atoms with Crippen molar-refractivity contribution in [2.45, 2.75) is 13.3 Å². The summed E-state index contributed by atoms with van der Waals surface area (Å²) in [6.07, 6.45) is -0.0892. The van der Waals surface area contributed by atoms with Gasteiger partial charge in [-0.2, -0.15) is 0 Å². The van der Waals surface area contributed by atoms with E-state index < -0.39 is 17.5 Å². The highest BCUT2D eigenvalue weighted by Gasteiger charge is 2.10. The van der Waals surface area contributed by atoms with Crippen molar-refractivity contribution < 1.29 is 18.0 Å². The van der Waals surface area contributed by atoms with Crippen LogP contribution >= 0.6 is 0 Å². The molecular formula is C9H7F3O. The molecule has 0 fully saturated rings. The molecule has 1 rings (SSSR count). The van der Waals surface area contributed by atoms with E-state index in [1.807, 2.05) is 0 Å². The van der Waals surface area contributed by atoms with Gasteiger partial charge in [0, 0.05) is 6.42 Å². The molecule has 0 heterocycles. The van der Waals surface area contributed by atoms with Gasteiger partial charge in [-0.3, -0.25) is 4.79 Å². The predicted molar refractivity (Wildman–Crippen MR) is 40.7 cm³/mol. The van der Waals surface area contributed by atoms with Crippen LogP contribution in [0.25, 0.3) is 0 Å². The van der Waals surface area contributed by atoms with E-state index in [9.17, 15) is 18.0 Å². The van der Waals surface area contributed by atoms with E-state index in [0.717, 1.165) is 12.1 Å². The number of halogens is 3. The Hall–Kier alpha value is -1.32. The van der Waals surface area contributed by atoms with Crippen molar-refractivity contribution in [3.8, 4) is 0 Å². The third-order valence-electron chi connectivity index (χ3n) is 1.50. The number of rotatable bonds is 2. The lowest BCUT2D eigenvalue weighted by Gasteiger charge is -2.00. The Morgan fingerprint density at radius 1 is 1.23 bits per heavy atom. The monoisotopic (exact) mass is 188 g/mol. The Kier molecular flexibility index (Phi) is 2.70. The van der Waals surface area contributed by atoms with Gasteiger partial charge in [0.1, 0.15) is 5.78 Å². The molecule has 1 aromatic rings. The van der Waals surface area contributed by atoms with Crippen molar-refractivity contribution in [1.29, 1.82) is 0 Å². The second kappa shape index (κ2) is 3.60. The highest BCUT2D eigenvalue weighted by Crippen LogP contribution is 2.13. The number of hydrogen-bond donors (Lipinski definition) is 0. The maximum absolute atomic E-state index is 12.6. The average Bonchev–Trinajstić information content (AvgIpc) is 1.98. The summed E-state index contributed by atoms with van der Waals surface area (Å²) >= 11 is 0. The second-order valence-electron chi connectivity index (χ2n) is 2.75. The minimum atomic E-state index is -1.51. The van der Waals surface area contributed by atoms with E-state index in [0.29, 0.717) is 0 Å². The molecule has 0 spiro atoms. The van der Waals surface area contributed by atoms with Gasteiger partial charge in [-0.15, -0.1) is 0 Å². The largest absolute Gasteiger partial charge is 0.300 e. The van der Waals surface area contributed by atoms with Crippen molar-refractivity contribution >= 4 is 5.78 Å². The summed E-state index contributed by atoms with van der Waals surface area (Å²) in [4.78, 5) is 10.6. The quantitative estimate of drug-likeness (QED) is 0.650. The summed E-state index contributed by atoms with van der Waals surface area (Å²) in [5.41, 5.74) is 0.143. The zero-order valence-corrected chi connectivity index (χ0v) is 6.90. The molecule has 0 amide bonds. The van der Waals surface area contributed by atoms with Crippen molar-refractivity contribution in [3.63, 3.8) is 0 Å². The topological polar surface area (TPSA) is 17.1 Å². The number of Topliss-reactive ketones (excluding diaryl/α,β-unsaturated/α-hetero) is 1. The minimum Gasteiger partial charge on any atom is -0.300 e. The van der Waals surface area contributed by atoms with E-state index in [1.54, 1.807) is 0 Å².